The quantitative estimate of drug-likeness (QED) is 0.492. The van der Waals surface area contributed by atoms with Gasteiger partial charge in [0, 0.05) is 25.9 Å². The molecule has 0 N–H and O–H groups in total. The van der Waals surface area contributed by atoms with Gasteiger partial charge in [0.25, 0.3) is 0 Å². The van der Waals surface area contributed by atoms with Gasteiger partial charge in [0.1, 0.15) is 21.7 Å². The first-order valence-electron chi connectivity index (χ1n) is 8.61. The number of rotatable bonds is 3. The number of nitrogens with zero attached hydrogens (tertiary/aromatic N) is 6. The van der Waals surface area contributed by atoms with Crippen molar-refractivity contribution in [2.45, 2.75) is 26.7 Å². The zero-order chi connectivity index (χ0) is 17.8. The average molecular weight is 362 g/mol. The van der Waals surface area contributed by atoms with E-state index in [4.69, 9.17) is 10.1 Å². The van der Waals surface area contributed by atoms with Gasteiger partial charge >= 0.3 is 0 Å². The number of pyridine rings is 1. The second-order valence-corrected chi connectivity index (χ2v) is 7.64. The second kappa shape index (κ2) is 5.60. The maximum absolute atomic E-state index is 4.87. The number of hydrogen-bond acceptors (Lipinski definition) is 5. The SMILES string of the molecule is Cc1ncc(C)n2nc(CCc3nc4c5ncccc5sc4n3C)cc12. The van der Waals surface area contributed by atoms with Crippen molar-refractivity contribution >= 4 is 37.4 Å². The van der Waals surface area contributed by atoms with E-state index in [2.05, 4.69) is 33.7 Å². The lowest BCUT2D eigenvalue weighted by Gasteiger charge is -2.00. The number of thiophene rings is 1. The third-order valence-corrected chi connectivity index (χ3v) is 6.06. The Morgan fingerprint density at radius 3 is 2.85 bits per heavy atom. The molecule has 0 saturated carbocycles. The van der Waals surface area contributed by atoms with Gasteiger partial charge in [0.05, 0.1) is 27.3 Å². The predicted molar refractivity (Wildman–Crippen MR) is 104 cm³/mol. The molecule has 130 valence electrons. The maximum atomic E-state index is 4.87. The first-order chi connectivity index (χ1) is 12.6. The minimum Gasteiger partial charge on any atom is -0.323 e. The number of aromatic nitrogens is 6. The van der Waals surface area contributed by atoms with Crippen LogP contribution < -0.4 is 0 Å². The lowest BCUT2D eigenvalue weighted by molar-refractivity contribution is 0.763. The zero-order valence-corrected chi connectivity index (χ0v) is 15.7. The van der Waals surface area contributed by atoms with Crippen LogP contribution in [0.4, 0.5) is 0 Å². The largest absolute Gasteiger partial charge is 0.323 e. The molecule has 5 aromatic heterocycles. The fourth-order valence-electron chi connectivity index (χ4n) is 3.41. The van der Waals surface area contributed by atoms with E-state index in [0.717, 1.165) is 52.3 Å². The van der Waals surface area contributed by atoms with Crippen LogP contribution in [-0.2, 0) is 19.9 Å². The molecule has 0 aliphatic carbocycles. The molecule has 0 saturated heterocycles. The molecule has 7 heteroatoms. The van der Waals surface area contributed by atoms with Gasteiger partial charge in [0.2, 0.25) is 0 Å². The third kappa shape index (κ3) is 2.24. The molecule has 0 aliphatic rings. The molecule has 26 heavy (non-hydrogen) atoms. The van der Waals surface area contributed by atoms with E-state index >= 15 is 0 Å². The zero-order valence-electron chi connectivity index (χ0n) is 14.9. The van der Waals surface area contributed by atoms with Gasteiger partial charge in [-0.3, -0.25) is 9.97 Å². The van der Waals surface area contributed by atoms with Gasteiger partial charge in [-0.2, -0.15) is 5.10 Å². The molecular weight excluding hydrogens is 344 g/mol. The van der Waals surface area contributed by atoms with Crippen LogP contribution in [0.25, 0.3) is 26.1 Å². The van der Waals surface area contributed by atoms with Gasteiger partial charge in [-0.1, -0.05) is 0 Å². The fraction of sp³-hybridized carbons (Fsp3) is 0.263. The number of hydrogen-bond donors (Lipinski definition) is 0. The van der Waals surface area contributed by atoms with E-state index in [1.807, 2.05) is 36.8 Å². The minimum atomic E-state index is 0.849. The van der Waals surface area contributed by atoms with Crippen LogP contribution in [0.5, 0.6) is 0 Å². The molecule has 0 bridgehead atoms. The van der Waals surface area contributed by atoms with Crippen LogP contribution in [0, 0.1) is 13.8 Å². The first kappa shape index (κ1) is 15.5. The molecule has 5 rings (SSSR count). The first-order valence-corrected chi connectivity index (χ1v) is 9.43. The second-order valence-electron chi connectivity index (χ2n) is 6.61. The summed E-state index contributed by atoms with van der Waals surface area (Å²) in [4.78, 5) is 15.0. The summed E-state index contributed by atoms with van der Waals surface area (Å²) < 4.78 is 5.35. The fourth-order valence-corrected chi connectivity index (χ4v) is 4.49. The topological polar surface area (TPSA) is 60.9 Å². The summed E-state index contributed by atoms with van der Waals surface area (Å²) in [6.45, 7) is 4.05. The van der Waals surface area contributed by atoms with Crippen molar-refractivity contribution in [1.29, 1.82) is 0 Å². The van der Waals surface area contributed by atoms with Crippen molar-refractivity contribution in [1.82, 2.24) is 29.1 Å². The van der Waals surface area contributed by atoms with Crippen LogP contribution >= 0.6 is 11.3 Å². The predicted octanol–water partition coefficient (Wildman–Crippen LogP) is 3.63. The van der Waals surface area contributed by atoms with Crippen molar-refractivity contribution in [3.63, 3.8) is 0 Å². The van der Waals surface area contributed by atoms with Crippen molar-refractivity contribution < 1.29 is 0 Å². The molecule has 6 nitrogen and oxygen atoms in total. The van der Waals surface area contributed by atoms with Crippen LogP contribution in [0.15, 0.2) is 30.6 Å². The molecule has 0 radical (unpaired) electrons. The summed E-state index contributed by atoms with van der Waals surface area (Å²) in [5, 5.41) is 4.74. The van der Waals surface area contributed by atoms with Gasteiger partial charge in [-0.25, -0.2) is 9.50 Å². The van der Waals surface area contributed by atoms with Crippen molar-refractivity contribution in [2.24, 2.45) is 7.05 Å². The van der Waals surface area contributed by atoms with Gasteiger partial charge < -0.3 is 4.57 Å². The van der Waals surface area contributed by atoms with E-state index in [0.29, 0.717) is 0 Å². The monoisotopic (exact) mass is 362 g/mol. The van der Waals surface area contributed by atoms with Crippen LogP contribution in [-0.4, -0.2) is 29.1 Å². The molecule has 0 amide bonds. The lowest BCUT2D eigenvalue weighted by atomic mass is 10.2. The summed E-state index contributed by atoms with van der Waals surface area (Å²) in [6, 6.07) is 6.21. The molecular formula is C19H18N6S. The Bertz CT molecular complexity index is 1240. The highest BCUT2D eigenvalue weighted by Gasteiger charge is 2.15. The summed E-state index contributed by atoms with van der Waals surface area (Å²) >= 11 is 1.75. The molecule has 0 aliphatic heterocycles. The molecule has 0 spiro atoms. The van der Waals surface area contributed by atoms with E-state index in [1.54, 1.807) is 11.3 Å². The Kier molecular flexibility index (Phi) is 3.33. The Balaban J connectivity index is 1.49. The maximum Gasteiger partial charge on any atom is 0.126 e. The summed E-state index contributed by atoms with van der Waals surface area (Å²) in [5.41, 5.74) is 6.21. The molecule has 0 fully saturated rings. The van der Waals surface area contributed by atoms with Crippen LogP contribution in [0.1, 0.15) is 22.9 Å². The number of fused-ring (bicyclic) bond motifs is 4. The standard InChI is InChI=1S/C19H18N6S/c1-11-10-21-12(2)14-9-13(23-25(11)14)6-7-16-22-18-17-15(5-4-8-20-17)26-19(18)24(16)3/h4-5,8-10H,6-7H2,1-3H3. The average Bonchev–Trinajstić information content (AvgIpc) is 3.31. The third-order valence-electron chi connectivity index (χ3n) is 4.85. The van der Waals surface area contributed by atoms with E-state index < -0.39 is 0 Å². The molecule has 5 aromatic rings. The molecule has 0 aromatic carbocycles. The number of imidazole rings is 1. The van der Waals surface area contributed by atoms with Gasteiger partial charge in [-0.15, -0.1) is 11.3 Å². The number of aryl methyl sites for hydroxylation is 5. The molecule has 0 atom stereocenters. The van der Waals surface area contributed by atoms with Crippen LogP contribution in [0.3, 0.4) is 0 Å². The van der Waals surface area contributed by atoms with Crippen molar-refractivity contribution in [3.05, 3.63) is 53.5 Å². The summed E-state index contributed by atoms with van der Waals surface area (Å²) in [7, 11) is 2.09. The molecule has 0 unspecified atom stereocenters. The van der Waals surface area contributed by atoms with E-state index in [-0.39, 0.29) is 0 Å². The summed E-state index contributed by atoms with van der Waals surface area (Å²) in [6.07, 6.45) is 5.40. The van der Waals surface area contributed by atoms with Gasteiger partial charge in [0.15, 0.2) is 0 Å². The normalized spacial score (nSPS) is 12.0. The Labute approximate surface area is 154 Å². The Morgan fingerprint density at radius 1 is 1.12 bits per heavy atom. The Morgan fingerprint density at radius 2 is 2.00 bits per heavy atom. The smallest absolute Gasteiger partial charge is 0.126 e. The Hall–Kier alpha value is -2.80. The van der Waals surface area contributed by atoms with Gasteiger partial charge in [-0.05, 0) is 38.5 Å². The van der Waals surface area contributed by atoms with Crippen LogP contribution in [0.2, 0.25) is 0 Å². The van der Waals surface area contributed by atoms with E-state index in [1.165, 1.54) is 9.53 Å². The molecule has 5 heterocycles. The van der Waals surface area contributed by atoms with E-state index in [9.17, 15) is 0 Å². The highest BCUT2D eigenvalue weighted by Crippen LogP contribution is 2.32. The lowest BCUT2D eigenvalue weighted by Crippen LogP contribution is -2.01. The van der Waals surface area contributed by atoms with Crippen molar-refractivity contribution in [3.8, 4) is 0 Å². The minimum absolute atomic E-state index is 0.849. The van der Waals surface area contributed by atoms with Crippen molar-refractivity contribution in [2.75, 3.05) is 0 Å². The highest BCUT2D eigenvalue weighted by atomic mass is 32.1. The highest BCUT2D eigenvalue weighted by molar-refractivity contribution is 7.25. The summed E-state index contributed by atoms with van der Waals surface area (Å²) in [5.74, 6) is 1.07.